The van der Waals surface area contributed by atoms with Crippen molar-refractivity contribution in [1.29, 1.82) is 0 Å². The maximum absolute atomic E-state index is 12.0. The third-order valence-corrected chi connectivity index (χ3v) is 8.73. The number of rotatable bonds is 37. The average Bonchev–Trinajstić information content (AvgIpc) is 3.12. The molecule has 1 N–H and O–H groups in total. The van der Waals surface area contributed by atoms with Gasteiger partial charge in [0.05, 0.1) is 0 Å². The van der Waals surface area contributed by atoms with Crippen molar-refractivity contribution in [3.8, 4) is 0 Å². The van der Waals surface area contributed by atoms with Gasteiger partial charge in [0.25, 0.3) is 0 Å². The van der Waals surface area contributed by atoms with Crippen LogP contribution >= 0.6 is 0 Å². The van der Waals surface area contributed by atoms with E-state index in [0.717, 1.165) is 44.9 Å². The van der Waals surface area contributed by atoms with Crippen LogP contribution in [0.5, 0.6) is 0 Å². The van der Waals surface area contributed by atoms with Gasteiger partial charge in [-0.1, -0.05) is 164 Å². The predicted molar refractivity (Wildman–Crippen MR) is 214 cm³/mol. The van der Waals surface area contributed by atoms with Crippen LogP contribution in [0.4, 0.5) is 0 Å². The van der Waals surface area contributed by atoms with Crippen molar-refractivity contribution in [2.45, 2.75) is 200 Å². The zero-order valence-corrected chi connectivity index (χ0v) is 32.6. The van der Waals surface area contributed by atoms with Gasteiger partial charge in [0, 0.05) is 12.8 Å². The predicted octanol–water partition coefficient (Wildman–Crippen LogP) is 13.2. The summed E-state index contributed by atoms with van der Waals surface area (Å²) in [5.74, 6) is -0.630. The van der Waals surface area contributed by atoms with Crippen LogP contribution in [-0.4, -0.2) is 36.4 Å². The van der Waals surface area contributed by atoms with E-state index in [1.807, 2.05) is 0 Å². The average molecular weight is 699 g/mol. The van der Waals surface area contributed by atoms with Crippen LogP contribution in [0.3, 0.4) is 0 Å². The molecule has 0 aliphatic heterocycles. The minimum Gasteiger partial charge on any atom is -0.463 e. The van der Waals surface area contributed by atoms with E-state index in [1.165, 1.54) is 116 Å². The van der Waals surface area contributed by atoms with Gasteiger partial charge >= 0.3 is 11.9 Å². The molecule has 5 nitrogen and oxygen atoms in total. The number of hydrogen-bond donors (Lipinski definition) is 1. The van der Waals surface area contributed by atoms with Crippen LogP contribution < -0.4 is 0 Å². The number of allylic oxidation sites excluding steroid dienone is 10. The highest BCUT2D eigenvalue weighted by atomic mass is 16.6. The molecule has 0 aliphatic carbocycles. The Kier molecular flexibility index (Phi) is 39.1. The minimum absolute atomic E-state index is 0.136. The molecule has 0 aliphatic rings. The van der Waals surface area contributed by atoms with Gasteiger partial charge in [0.2, 0.25) is 0 Å². The molecule has 288 valence electrons. The molecule has 0 radical (unpaired) electrons. The quantitative estimate of drug-likeness (QED) is 0.0397. The van der Waals surface area contributed by atoms with Crippen LogP contribution in [0.2, 0.25) is 0 Å². The van der Waals surface area contributed by atoms with Crippen molar-refractivity contribution in [2.24, 2.45) is 0 Å². The Morgan fingerprint density at radius 1 is 0.420 bits per heavy atom. The van der Waals surface area contributed by atoms with Crippen molar-refractivity contribution >= 4 is 11.9 Å². The lowest BCUT2D eigenvalue weighted by atomic mass is 10.1. The fourth-order valence-electron chi connectivity index (χ4n) is 5.54. The lowest BCUT2D eigenvalue weighted by molar-refractivity contribution is -0.152. The second kappa shape index (κ2) is 41.0. The largest absolute Gasteiger partial charge is 0.463 e. The third kappa shape index (κ3) is 40.0. The van der Waals surface area contributed by atoms with Crippen LogP contribution in [-0.2, 0) is 19.1 Å². The summed E-state index contributed by atoms with van der Waals surface area (Å²) in [5.41, 5.74) is 0. The smallest absolute Gasteiger partial charge is 0.305 e. The van der Waals surface area contributed by atoms with Crippen LogP contribution in [0.15, 0.2) is 60.8 Å². The number of unbranched alkanes of at least 4 members (excludes halogenated alkanes) is 19. The molecule has 0 saturated carbocycles. The molecule has 0 aromatic heterocycles. The molecule has 0 saturated heterocycles. The van der Waals surface area contributed by atoms with Crippen molar-refractivity contribution in [1.82, 2.24) is 0 Å². The molecule has 50 heavy (non-hydrogen) atoms. The summed E-state index contributed by atoms with van der Waals surface area (Å²) in [6.45, 7) is 4.22. The highest BCUT2D eigenvalue weighted by Crippen LogP contribution is 2.12. The van der Waals surface area contributed by atoms with Gasteiger partial charge in [-0.25, -0.2) is 0 Å². The number of carbonyl (C=O) groups is 2. The lowest BCUT2D eigenvalue weighted by Gasteiger charge is -2.12. The second-order valence-electron chi connectivity index (χ2n) is 13.7. The molecule has 1 atom stereocenters. The van der Waals surface area contributed by atoms with Gasteiger partial charge in [-0.15, -0.1) is 0 Å². The maximum Gasteiger partial charge on any atom is 0.305 e. The number of aliphatic hydroxyl groups is 1. The number of aliphatic hydroxyl groups excluding tert-OH is 1. The lowest BCUT2D eigenvalue weighted by Crippen LogP contribution is -2.25. The Bertz CT molecular complexity index is 884. The monoisotopic (exact) mass is 699 g/mol. The Hall–Kier alpha value is -2.40. The van der Waals surface area contributed by atoms with Crippen LogP contribution in [0.1, 0.15) is 194 Å². The molecule has 0 amide bonds. The van der Waals surface area contributed by atoms with Crippen LogP contribution in [0, 0.1) is 0 Å². The summed E-state index contributed by atoms with van der Waals surface area (Å²) in [6, 6.07) is 0. The maximum atomic E-state index is 12.0. The first-order chi connectivity index (χ1) is 24.6. The molecule has 0 unspecified atom stereocenters. The van der Waals surface area contributed by atoms with Crippen molar-refractivity contribution < 1.29 is 24.2 Å². The standard InChI is InChI=1S/C45H78O5/c1-3-5-7-9-11-13-15-17-19-21-22-24-26-28-30-32-34-36-38-40-45(48)50-42-43(46)41-49-44(47)39-37-35-33-31-29-27-25-23-20-18-16-14-12-10-8-6-4-2/h11,13,17-20,25,27,31,33,43,46H,3-10,12,14-16,21-24,26,28-30,32,34-42H2,1-2H3/b13-11-,19-17-,20-18-,27-25-,33-31-/t43-/m1/s1. The number of ether oxygens (including phenoxy) is 2. The molecule has 0 bridgehead atoms. The Morgan fingerprint density at radius 2 is 0.720 bits per heavy atom. The normalized spacial score (nSPS) is 12.8. The Morgan fingerprint density at radius 3 is 1.16 bits per heavy atom. The van der Waals surface area contributed by atoms with E-state index in [-0.39, 0.29) is 25.2 Å². The van der Waals surface area contributed by atoms with Gasteiger partial charge in [0.1, 0.15) is 19.3 Å². The summed E-state index contributed by atoms with van der Waals surface area (Å²) < 4.78 is 10.3. The van der Waals surface area contributed by atoms with Gasteiger partial charge in [0.15, 0.2) is 0 Å². The molecule has 0 rings (SSSR count). The summed E-state index contributed by atoms with van der Waals surface area (Å²) in [6.07, 6.45) is 52.8. The highest BCUT2D eigenvalue weighted by Gasteiger charge is 2.12. The number of carbonyl (C=O) groups excluding carboxylic acids is 2. The first-order valence-corrected chi connectivity index (χ1v) is 20.8. The number of hydrogen-bond acceptors (Lipinski definition) is 5. The Balaban J connectivity index is 3.52. The second-order valence-corrected chi connectivity index (χ2v) is 13.7. The first-order valence-electron chi connectivity index (χ1n) is 20.8. The van der Waals surface area contributed by atoms with Gasteiger partial charge in [-0.3, -0.25) is 9.59 Å². The molecule has 0 fully saturated rings. The van der Waals surface area contributed by atoms with Crippen molar-refractivity contribution in [2.75, 3.05) is 13.2 Å². The van der Waals surface area contributed by atoms with Crippen LogP contribution in [0.25, 0.3) is 0 Å². The zero-order chi connectivity index (χ0) is 36.4. The number of esters is 2. The Labute approximate surface area is 309 Å². The SMILES string of the molecule is CCCCC/C=C\C/C=C\CCCCCCCCCCCC(=O)OC[C@H](O)COC(=O)CCC/C=C\C/C=C\C/C=C\CCCCCCCC. The first kappa shape index (κ1) is 47.6. The molecule has 0 aromatic rings. The van der Waals surface area contributed by atoms with E-state index in [9.17, 15) is 14.7 Å². The van der Waals surface area contributed by atoms with Gasteiger partial charge in [-0.05, 0) is 77.0 Å². The molecule has 0 aromatic carbocycles. The summed E-state index contributed by atoms with van der Waals surface area (Å²) >= 11 is 0. The molecule has 0 spiro atoms. The molecule has 5 heteroatoms. The molecule has 0 heterocycles. The van der Waals surface area contributed by atoms with Gasteiger partial charge in [-0.2, -0.15) is 0 Å². The van der Waals surface area contributed by atoms with E-state index in [2.05, 4.69) is 74.6 Å². The van der Waals surface area contributed by atoms with E-state index >= 15 is 0 Å². The van der Waals surface area contributed by atoms with E-state index < -0.39 is 6.10 Å². The molecular weight excluding hydrogens is 620 g/mol. The van der Waals surface area contributed by atoms with Crippen molar-refractivity contribution in [3.05, 3.63) is 60.8 Å². The minimum atomic E-state index is -0.988. The van der Waals surface area contributed by atoms with Gasteiger partial charge < -0.3 is 14.6 Å². The summed E-state index contributed by atoms with van der Waals surface area (Å²) in [4.78, 5) is 23.9. The van der Waals surface area contributed by atoms with E-state index in [0.29, 0.717) is 19.3 Å². The van der Waals surface area contributed by atoms with E-state index in [4.69, 9.17) is 9.47 Å². The van der Waals surface area contributed by atoms with Crippen molar-refractivity contribution in [3.63, 3.8) is 0 Å². The summed E-state index contributed by atoms with van der Waals surface area (Å²) in [7, 11) is 0. The van der Waals surface area contributed by atoms with E-state index in [1.54, 1.807) is 0 Å². The highest BCUT2D eigenvalue weighted by molar-refractivity contribution is 5.69. The topological polar surface area (TPSA) is 72.8 Å². The fraction of sp³-hybridized carbons (Fsp3) is 0.733. The fourth-order valence-corrected chi connectivity index (χ4v) is 5.54. The molecular formula is C45H78O5. The zero-order valence-electron chi connectivity index (χ0n) is 32.6. The third-order valence-electron chi connectivity index (χ3n) is 8.73. The summed E-state index contributed by atoms with van der Waals surface area (Å²) in [5, 5.41) is 10.0.